The number of carboxylic acids is 1. The van der Waals surface area contributed by atoms with Gasteiger partial charge in [-0.3, -0.25) is 4.79 Å². The maximum Gasteiger partial charge on any atom is 0.410 e. The maximum absolute atomic E-state index is 12.5. The molecule has 0 spiro atoms. The number of carboxylic acid groups (broad SMARTS) is 1. The number of aromatic nitrogens is 2. The molecule has 17 nitrogen and oxygen atoms in total. The van der Waals surface area contributed by atoms with Crippen molar-refractivity contribution >= 4 is 24.1 Å². The Balaban J connectivity index is 0.000000445. The molecule has 4 rings (SSSR count). The lowest BCUT2D eigenvalue weighted by Gasteiger charge is -2.38. The van der Waals surface area contributed by atoms with Gasteiger partial charge in [-0.15, -0.1) is 0 Å². The molecular weight excluding hydrogens is 724 g/mol. The van der Waals surface area contributed by atoms with Crippen molar-refractivity contribution in [2.24, 2.45) is 5.73 Å². The number of rotatable bonds is 5. The molecule has 0 aromatic carbocycles. The van der Waals surface area contributed by atoms with Crippen LogP contribution in [0.3, 0.4) is 0 Å². The Kier molecular flexibility index (Phi) is 17.6. The highest BCUT2D eigenvalue weighted by Gasteiger charge is 2.39. The summed E-state index contributed by atoms with van der Waals surface area (Å²) in [5.74, 6) is -0.725. The summed E-state index contributed by atoms with van der Waals surface area (Å²) in [5, 5.41) is 29.8. The lowest BCUT2D eigenvalue weighted by atomic mass is 9.88. The third-order valence-electron chi connectivity index (χ3n) is 7.76. The van der Waals surface area contributed by atoms with Crippen LogP contribution in [0.25, 0.3) is 0 Å². The molecule has 1 unspecified atom stereocenters. The molecule has 2 fully saturated rings. The number of amides is 3. The molecule has 56 heavy (non-hydrogen) atoms. The maximum atomic E-state index is 12.5. The molecule has 2 aromatic heterocycles. The Morgan fingerprint density at radius 2 is 1.29 bits per heavy atom. The number of likely N-dealkylation sites (tertiary alicyclic amines) is 2. The first kappa shape index (κ1) is 44.7. The van der Waals surface area contributed by atoms with Crippen LogP contribution in [0.15, 0.2) is 36.7 Å². The number of carbonyl (C=O) groups excluding carboxylic acids is 3. The predicted octanol–water partition coefficient (Wildman–Crippen LogP) is 5.56. The van der Waals surface area contributed by atoms with Crippen LogP contribution in [0, 0.1) is 22.7 Å². The quantitative estimate of drug-likeness (QED) is 0.336. The third kappa shape index (κ3) is 17.2. The highest BCUT2D eigenvalue weighted by Crippen LogP contribution is 2.25. The van der Waals surface area contributed by atoms with E-state index < -0.39 is 41.2 Å². The van der Waals surface area contributed by atoms with Crippen molar-refractivity contribution < 1.29 is 46.0 Å². The van der Waals surface area contributed by atoms with Gasteiger partial charge >= 0.3 is 18.2 Å². The van der Waals surface area contributed by atoms with E-state index in [0.717, 1.165) is 0 Å². The Morgan fingerprint density at radius 3 is 1.64 bits per heavy atom. The van der Waals surface area contributed by atoms with Gasteiger partial charge in [-0.1, -0.05) is 20.2 Å². The van der Waals surface area contributed by atoms with Crippen LogP contribution in [0.1, 0.15) is 111 Å². The van der Waals surface area contributed by atoms with E-state index in [-0.39, 0.29) is 17.6 Å². The molecular formula is C39H58N8O9. The van der Waals surface area contributed by atoms with Crippen molar-refractivity contribution in [2.45, 2.75) is 110 Å². The zero-order valence-corrected chi connectivity index (χ0v) is 33.9. The fourth-order valence-corrected chi connectivity index (χ4v) is 4.79. The first-order valence-electron chi connectivity index (χ1n) is 19.1. The van der Waals surface area contributed by atoms with E-state index in [1.807, 2.05) is 27.7 Å². The summed E-state index contributed by atoms with van der Waals surface area (Å²) in [6.07, 6.45) is 4.43. The number of nitriles is 2. The lowest BCUT2D eigenvalue weighted by molar-refractivity contribution is 0.0169. The molecule has 4 N–H and O–H groups in total. The van der Waals surface area contributed by atoms with Crippen molar-refractivity contribution in [2.75, 3.05) is 40.4 Å². The van der Waals surface area contributed by atoms with Gasteiger partial charge in [-0.2, -0.15) is 10.5 Å². The van der Waals surface area contributed by atoms with Crippen molar-refractivity contribution in [1.82, 2.24) is 25.1 Å². The van der Waals surface area contributed by atoms with Crippen LogP contribution in [-0.2, 0) is 9.47 Å². The SMILES string of the molecule is CC(C)(C)OC(=O)N1CCC(N)(C#N)CC1.COc1cc(C(=O)NC2(C#N)CCN(C(=O)OC(C)(C)C)CC2)ccn1.COc1cc(C(=O)O)ccn1.[2H]C([3H])CC. The van der Waals surface area contributed by atoms with E-state index in [4.69, 9.17) is 37.8 Å². The Labute approximate surface area is 332 Å². The number of hydrogen-bond acceptors (Lipinski definition) is 13. The van der Waals surface area contributed by atoms with Gasteiger partial charge in [-0.05, 0) is 66.5 Å². The van der Waals surface area contributed by atoms with Gasteiger partial charge in [0, 0.05) is 71.9 Å². The fourth-order valence-electron chi connectivity index (χ4n) is 4.79. The molecule has 17 heteroatoms. The van der Waals surface area contributed by atoms with E-state index in [1.165, 1.54) is 44.8 Å². The zero-order chi connectivity index (χ0) is 44.3. The molecule has 1 atom stereocenters. The number of ether oxygens (including phenoxy) is 4. The van der Waals surface area contributed by atoms with Crippen molar-refractivity contribution in [1.29, 1.82) is 10.5 Å². The second-order valence-electron chi connectivity index (χ2n) is 14.7. The topological polar surface area (TPSA) is 243 Å². The second kappa shape index (κ2) is 22.0. The zero-order valence-electron chi connectivity index (χ0n) is 35.9. The number of hydrogen-bond donors (Lipinski definition) is 3. The number of carbonyl (C=O) groups is 4. The number of aromatic carboxylic acids is 1. The molecule has 2 saturated heterocycles. The number of nitrogens with zero attached hydrogens (tertiary/aromatic N) is 6. The molecule has 308 valence electrons. The van der Waals surface area contributed by atoms with Crippen molar-refractivity contribution in [3.05, 3.63) is 47.8 Å². The predicted molar refractivity (Wildman–Crippen MR) is 207 cm³/mol. The third-order valence-corrected chi connectivity index (χ3v) is 7.76. The summed E-state index contributed by atoms with van der Waals surface area (Å²) in [6.45, 7) is 13.8. The van der Waals surface area contributed by atoms with Crippen molar-refractivity contribution in [3.63, 3.8) is 0 Å². The van der Waals surface area contributed by atoms with E-state index in [9.17, 15) is 24.4 Å². The van der Waals surface area contributed by atoms with Crippen LogP contribution in [-0.4, -0.2) is 112 Å². The largest absolute Gasteiger partial charge is 0.481 e. The van der Waals surface area contributed by atoms with Crippen LogP contribution in [0.4, 0.5) is 9.59 Å². The van der Waals surface area contributed by atoms with Crippen LogP contribution < -0.4 is 20.5 Å². The Morgan fingerprint density at radius 1 is 0.875 bits per heavy atom. The number of piperidine rings is 2. The summed E-state index contributed by atoms with van der Waals surface area (Å²) in [5.41, 5.74) is 3.49. The minimum absolute atomic E-state index is 0.178. The van der Waals surface area contributed by atoms with E-state index in [2.05, 4.69) is 27.4 Å². The highest BCUT2D eigenvalue weighted by molar-refractivity contribution is 5.95. The van der Waals surface area contributed by atoms with E-state index in [0.29, 0.717) is 75.6 Å². The van der Waals surface area contributed by atoms with E-state index >= 15 is 0 Å². The minimum Gasteiger partial charge on any atom is -0.481 e. The molecule has 0 saturated carbocycles. The molecule has 3 amide bonds. The number of nitrogens with two attached hydrogens (primary N) is 1. The average Bonchev–Trinajstić information content (AvgIpc) is 3.17. The first-order valence-corrected chi connectivity index (χ1v) is 17.9. The van der Waals surface area contributed by atoms with Crippen LogP contribution >= 0.6 is 0 Å². The minimum atomic E-state index is -1.02. The van der Waals surface area contributed by atoms with Crippen LogP contribution in [0.2, 0.25) is 0 Å². The van der Waals surface area contributed by atoms with Crippen LogP contribution in [0.5, 0.6) is 11.8 Å². The normalized spacial score (nSPS) is 16.5. The van der Waals surface area contributed by atoms with Gasteiger partial charge in [0.2, 0.25) is 11.8 Å². The molecule has 2 aliphatic rings. The highest BCUT2D eigenvalue weighted by atomic mass is 16.6. The molecule has 0 aliphatic carbocycles. The van der Waals surface area contributed by atoms with Gasteiger partial charge in [0.05, 0.1) is 31.9 Å². The summed E-state index contributed by atoms with van der Waals surface area (Å²) >= 11 is 0. The van der Waals surface area contributed by atoms with Gasteiger partial charge < -0.3 is 44.9 Å². The van der Waals surface area contributed by atoms with E-state index in [1.54, 1.807) is 36.6 Å². The lowest BCUT2D eigenvalue weighted by Crippen LogP contribution is -2.55. The Hall–Kier alpha value is -5.68. The summed E-state index contributed by atoms with van der Waals surface area (Å²) in [7, 11) is 2.90. The Bertz CT molecular complexity index is 1740. The molecule has 2 aromatic rings. The van der Waals surface area contributed by atoms with Crippen molar-refractivity contribution in [3.8, 4) is 23.9 Å². The smallest absolute Gasteiger partial charge is 0.410 e. The number of nitrogens with one attached hydrogen (secondary N) is 1. The van der Waals surface area contributed by atoms with Gasteiger partial charge in [0.1, 0.15) is 22.3 Å². The van der Waals surface area contributed by atoms with Gasteiger partial charge in [0.25, 0.3) is 5.91 Å². The molecule has 2 aliphatic heterocycles. The summed E-state index contributed by atoms with van der Waals surface area (Å²) in [6, 6.07) is 10.1. The van der Waals surface area contributed by atoms with Gasteiger partial charge in [0.15, 0.2) is 0 Å². The molecule has 0 radical (unpaired) electrons. The fraction of sp³-hybridized carbons (Fsp3) is 0.590. The standard InChI is InChI=1S/C18H24N4O4.C11H19N3O2.C7H7NO3.C3H8/c1-17(2,3)26-16(24)22-9-6-18(12-19,7-10-22)21-15(23)13-5-8-20-14(11-13)25-4;1-10(2,3)16-9(15)14-6-4-11(13,8-12)5-7-14;1-11-6-4-5(7(9)10)2-3-8-6;1-3-2/h5,8,11H,6-7,9-10H2,1-4H3,(H,21,23);4-7,13H2,1-3H3;2-4H,1H3,(H,9,10);3H2,1-2H3/i;;;1TD. The second-order valence-corrected chi connectivity index (χ2v) is 14.7. The average molecular weight is 786 g/mol. The first-order chi connectivity index (χ1) is 26.9. The number of methoxy groups -OCH3 is 2. The molecule has 0 bridgehead atoms. The summed E-state index contributed by atoms with van der Waals surface area (Å²) < 4.78 is 33.3. The molecule has 4 heterocycles. The van der Waals surface area contributed by atoms with Gasteiger partial charge in [-0.25, -0.2) is 24.4 Å². The number of pyridine rings is 2. The monoisotopic (exact) mass is 785 g/mol. The summed E-state index contributed by atoms with van der Waals surface area (Å²) in [4.78, 5) is 57.6.